The van der Waals surface area contributed by atoms with Gasteiger partial charge in [-0.25, -0.2) is 0 Å². The second-order valence-electron chi connectivity index (χ2n) is 5.39. The molecule has 0 fully saturated rings. The Balaban J connectivity index is 2.91. The molecule has 0 aliphatic carbocycles. The maximum Gasteiger partial charge on any atom is 0.0399 e. The minimum Gasteiger partial charge on any atom is -0.372 e. The summed E-state index contributed by atoms with van der Waals surface area (Å²) in [6.45, 7) is 4.44. The van der Waals surface area contributed by atoms with Crippen molar-refractivity contribution in [3.63, 3.8) is 0 Å². The summed E-state index contributed by atoms with van der Waals surface area (Å²) < 4.78 is 1.13. The van der Waals surface area contributed by atoms with E-state index in [1.54, 1.807) is 0 Å². The molecule has 0 heterocycles. The third-order valence-electron chi connectivity index (χ3n) is 3.83. The zero-order chi connectivity index (χ0) is 15.1. The van der Waals surface area contributed by atoms with Gasteiger partial charge in [-0.05, 0) is 62.0 Å². The monoisotopic (exact) mass is 358 g/mol. The van der Waals surface area contributed by atoms with Crippen molar-refractivity contribution in [2.24, 2.45) is 5.73 Å². The minimum absolute atomic E-state index is 0.234. The zero-order valence-corrected chi connectivity index (χ0v) is 15.4. The Hall–Kier alpha value is -0.190. The molecule has 1 rings (SSSR count). The van der Waals surface area contributed by atoms with Crippen molar-refractivity contribution in [1.82, 2.24) is 0 Å². The first-order valence-electron chi connectivity index (χ1n) is 7.25. The molecule has 4 heteroatoms. The SMILES string of the molecule is CCC(N)Cc1cc(Br)ccc1N(C)C(C)CCSC. The van der Waals surface area contributed by atoms with Crippen LogP contribution in [0.25, 0.3) is 0 Å². The average molecular weight is 359 g/mol. The molecule has 0 saturated carbocycles. The molecule has 114 valence electrons. The van der Waals surface area contributed by atoms with Crippen LogP contribution in [-0.2, 0) is 6.42 Å². The molecule has 2 atom stereocenters. The maximum atomic E-state index is 6.14. The normalized spacial score (nSPS) is 14.1. The molecule has 20 heavy (non-hydrogen) atoms. The largest absolute Gasteiger partial charge is 0.372 e. The third kappa shape index (κ3) is 5.30. The lowest BCUT2D eigenvalue weighted by Crippen LogP contribution is -2.31. The van der Waals surface area contributed by atoms with E-state index in [4.69, 9.17) is 5.73 Å². The standard InChI is InChI=1S/C16H27BrN2S/c1-5-15(18)11-13-10-14(17)6-7-16(13)19(3)12(2)8-9-20-4/h6-7,10,12,15H,5,8-9,11,18H2,1-4H3. The summed E-state index contributed by atoms with van der Waals surface area (Å²) in [6, 6.07) is 7.31. The molecule has 0 spiro atoms. The molecular weight excluding hydrogens is 332 g/mol. The topological polar surface area (TPSA) is 29.3 Å². The molecule has 0 aliphatic heterocycles. The average Bonchev–Trinajstić information content (AvgIpc) is 2.44. The fourth-order valence-corrected chi connectivity index (χ4v) is 3.19. The van der Waals surface area contributed by atoms with Gasteiger partial charge in [-0.1, -0.05) is 22.9 Å². The summed E-state index contributed by atoms with van der Waals surface area (Å²) in [4.78, 5) is 2.39. The molecular formula is C16H27BrN2S. The fraction of sp³-hybridized carbons (Fsp3) is 0.625. The van der Waals surface area contributed by atoms with Gasteiger partial charge in [0.2, 0.25) is 0 Å². The predicted molar refractivity (Wildman–Crippen MR) is 97.0 cm³/mol. The van der Waals surface area contributed by atoms with Gasteiger partial charge in [-0.3, -0.25) is 0 Å². The molecule has 0 aliphatic rings. The van der Waals surface area contributed by atoms with Crippen LogP contribution in [0, 0.1) is 0 Å². The summed E-state index contributed by atoms with van der Waals surface area (Å²) in [7, 11) is 2.19. The van der Waals surface area contributed by atoms with E-state index in [1.807, 2.05) is 11.8 Å². The van der Waals surface area contributed by atoms with Gasteiger partial charge >= 0.3 is 0 Å². The van der Waals surface area contributed by atoms with Crippen molar-refractivity contribution in [2.75, 3.05) is 24.0 Å². The number of nitrogens with two attached hydrogens (primary N) is 1. The summed E-state index contributed by atoms with van der Waals surface area (Å²) in [6.07, 6.45) is 5.31. The molecule has 0 aromatic heterocycles. The van der Waals surface area contributed by atoms with Gasteiger partial charge in [0.15, 0.2) is 0 Å². The Morgan fingerprint density at radius 3 is 2.70 bits per heavy atom. The smallest absolute Gasteiger partial charge is 0.0399 e. The molecule has 2 nitrogen and oxygen atoms in total. The molecule has 1 aromatic carbocycles. The Morgan fingerprint density at radius 1 is 1.40 bits per heavy atom. The van der Waals surface area contributed by atoms with E-state index in [0.717, 1.165) is 17.3 Å². The Kier molecular flexibility index (Phi) is 8.00. The van der Waals surface area contributed by atoms with Gasteiger partial charge < -0.3 is 10.6 Å². The van der Waals surface area contributed by atoms with Gasteiger partial charge in [0.1, 0.15) is 0 Å². The van der Waals surface area contributed by atoms with Crippen molar-refractivity contribution >= 4 is 33.4 Å². The van der Waals surface area contributed by atoms with Crippen LogP contribution in [0.2, 0.25) is 0 Å². The lowest BCUT2D eigenvalue weighted by molar-refractivity contribution is 0.634. The van der Waals surface area contributed by atoms with Crippen LogP contribution < -0.4 is 10.6 Å². The van der Waals surface area contributed by atoms with Gasteiger partial charge in [-0.2, -0.15) is 11.8 Å². The molecule has 0 amide bonds. The number of hydrogen-bond donors (Lipinski definition) is 1. The van der Waals surface area contributed by atoms with Crippen molar-refractivity contribution in [1.29, 1.82) is 0 Å². The maximum absolute atomic E-state index is 6.14. The van der Waals surface area contributed by atoms with Gasteiger partial charge in [0.05, 0.1) is 0 Å². The van der Waals surface area contributed by atoms with Crippen LogP contribution in [0.1, 0.15) is 32.3 Å². The number of nitrogens with zero attached hydrogens (tertiary/aromatic N) is 1. The molecule has 0 saturated heterocycles. The van der Waals surface area contributed by atoms with E-state index in [9.17, 15) is 0 Å². The summed E-state index contributed by atoms with van der Waals surface area (Å²) >= 11 is 5.48. The van der Waals surface area contributed by atoms with Crippen LogP contribution in [0.4, 0.5) is 5.69 Å². The van der Waals surface area contributed by atoms with Gasteiger partial charge in [0, 0.05) is 29.3 Å². The van der Waals surface area contributed by atoms with Crippen molar-refractivity contribution < 1.29 is 0 Å². The van der Waals surface area contributed by atoms with Crippen molar-refractivity contribution in [3.05, 3.63) is 28.2 Å². The zero-order valence-electron chi connectivity index (χ0n) is 13.0. The third-order valence-corrected chi connectivity index (χ3v) is 4.97. The first-order chi connectivity index (χ1) is 9.49. The van der Waals surface area contributed by atoms with Crippen molar-refractivity contribution in [2.45, 2.75) is 45.2 Å². The summed E-state index contributed by atoms with van der Waals surface area (Å²) in [5.41, 5.74) is 8.79. The van der Waals surface area contributed by atoms with Crippen LogP contribution in [0.15, 0.2) is 22.7 Å². The van der Waals surface area contributed by atoms with E-state index in [-0.39, 0.29) is 6.04 Å². The quantitative estimate of drug-likeness (QED) is 0.750. The van der Waals surface area contributed by atoms with E-state index < -0.39 is 0 Å². The first kappa shape index (κ1) is 17.9. The van der Waals surface area contributed by atoms with Crippen LogP contribution >= 0.6 is 27.7 Å². The molecule has 2 unspecified atom stereocenters. The second kappa shape index (κ2) is 8.96. The summed E-state index contributed by atoms with van der Waals surface area (Å²) in [5, 5.41) is 0. The summed E-state index contributed by atoms with van der Waals surface area (Å²) in [5.74, 6) is 1.20. The van der Waals surface area contributed by atoms with E-state index >= 15 is 0 Å². The fourth-order valence-electron chi connectivity index (χ4n) is 2.21. The number of benzene rings is 1. The lowest BCUT2D eigenvalue weighted by Gasteiger charge is -2.30. The lowest BCUT2D eigenvalue weighted by atomic mass is 10.0. The van der Waals surface area contributed by atoms with Crippen LogP contribution in [0.5, 0.6) is 0 Å². The molecule has 1 aromatic rings. The highest BCUT2D eigenvalue weighted by Crippen LogP contribution is 2.27. The first-order valence-corrected chi connectivity index (χ1v) is 9.44. The number of halogens is 1. The van der Waals surface area contributed by atoms with Crippen molar-refractivity contribution in [3.8, 4) is 0 Å². The van der Waals surface area contributed by atoms with E-state index in [0.29, 0.717) is 6.04 Å². The van der Waals surface area contributed by atoms with E-state index in [1.165, 1.54) is 23.4 Å². The molecule has 0 bridgehead atoms. The minimum atomic E-state index is 0.234. The number of anilines is 1. The predicted octanol–water partition coefficient (Wildman–Crippen LogP) is 4.31. The number of hydrogen-bond acceptors (Lipinski definition) is 3. The second-order valence-corrected chi connectivity index (χ2v) is 7.29. The van der Waals surface area contributed by atoms with Crippen LogP contribution in [-0.4, -0.2) is 31.1 Å². The van der Waals surface area contributed by atoms with Gasteiger partial charge in [-0.15, -0.1) is 0 Å². The number of thioether (sulfide) groups is 1. The highest BCUT2D eigenvalue weighted by molar-refractivity contribution is 9.10. The molecule has 0 radical (unpaired) electrons. The highest BCUT2D eigenvalue weighted by Gasteiger charge is 2.15. The Bertz CT molecular complexity index is 411. The van der Waals surface area contributed by atoms with Crippen LogP contribution in [0.3, 0.4) is 0 Å². The molecule has 2 N–H and O–H groups in total. The highest BCUT2D eigenvalue weighted by atomic mass is 79.9. The Morgan fingerprint density at radius 2 is 2.10 bits per heavy atom. The van der Waals surface area contributed by atoms with Gasteiger partial charge in [0.25, 0.3) is 0 Å². The Labute approximate surface area is 136 Å². The number of rotatable bonds is 8. The van der Waals surface area contributed by atoms with E-state index in [2.05, 4.69) is 66.2 Å².